The van der Waals surface area contributed by atoms with Crippen LogP contribution in [0.1, 0.15) is 24.8 Å². The minimum atomic E-state index is 0.120. The molecule has 2 rings (SSSR count). The molecular formula is C15H22N2O. The molecule has 98 valence electrons. The maximum atomic E-state index is 11.5. The highest BCUT2D eigenvalue weighted by molar-refractivity contribution is 5.77. The summed E-state index contributed by atoms with van der Waals surface area (Å²) in [6.07, 6.45) is 4.74. The van der Waals surface area contributed by atoms with Crippen molar-refractivity contribution < 1.29 is 4.79 Å². The third kappa shape index (κ3) is 3.57. The zero-order chi connectivity index (χ0) is 12.8. The third-order valence-electron chi connectivity index (χ3n) is 3.69. The Kier molecular flexibility index (Phi) is 4.76. The van der Waals surface area contributed by atoms with Crippen molar-refractivity contribution in [2.75, 3.05) is 20.1 Å². The second-order valence-corrected chi connectivity index (χ2v) is 4.98. The molecule has 0 saturated carbocycles. The van der Waals surface area contributed by atoms with E-state index >= 15 is 0 Å². The summed E-state index contributed by atoms with van der Waals surface area (Å²) < 4.78 is 0. The van der Waals surface area contributed by atoms with Gasteiger partial charge in [0.1, 0.15) is 0 Å². The van der Waals surface area contributed by atoms with Gasteiger partial charge in [-0.25, -0.2) is 0 Å². The van der Waals surface area contributed by atoms with Crippen LogP contribution in [0, 0.1) is 0 Å². The molecule has 3 heteroatoms. The monoisotopic (exact) mass is 246 g/mol. The summed E-state index contributed by atoms with van der Waals surface area (Å²) in [4.78, 5) is 13.9. The summed E-state index contributed by atoms with van der Waals surface area (Å²) in [7, 11) is 1.71. The number of nitrogens with zero attached hydrogens (tertiary/aromatic N) is 1. The number of rotatable bonds is 4. The molecule has 1 unspecified atom stereocenters. The van der Waals surface area contributed by atoms with E-state index in [4.69, 9.17) is 0 Å². The zero-order valence-corrected chi connectivity index (χ0v) is 11.1. The molecule has 1 aliphatic heterocycles. The van der Waals surface area contributed by atoms with Crippen molar-refractivity contribution in [1.29, 1.82) is 0 Å². The van der Waals surface area contributed by atoms with Crippen LogP contribution in [0.25, 0.3) is 0 Å². The fourth-order valence-corrected chi connectivity index (χ4v) is 2.65. The van der Waals surface area contributed by atoms with Crippen LogP contribution in [0.5, 0.6) is 0 Å². The van der Waals surface area contributed by atoms with Crippen LogP contribution < -0.4 is 5.32 Å². The van der Waals surface area contributed by atoms with Crippen LogP contribution in [0.2, 0.25) is 0 Å². The van der Waals surface area contributed by atoms with Gasteiger partial charge in [0, 0.05) is 13.1 Å². The smallest absolute Gasteiger partial charge is 0.233 e. The van der Waals surface area contributed by atoms with Gasteiger partial charge in [-0.1, -0.05) is 36.8 Å². The van der Waals surface area contributed by atoms with Crippen LogP contribution in [0.15, 0.2) is 30.3 Å². The van der Waals surface area contributed by atoms with Gasteiger partial charge in [-0.2, -0.15) is 0 Å². The summed E-state index contributed by atoms with van der Waals surface area (Å²) in [6.45, 7) is 1.58. The van der Waals surface area contributed by atoms with Gasteiger partial charge in [0.25, 0.3) is 0 Å². The minimum absolute atomic E-state index is 0.120. The minimum Gasteiger partial charge on any atom is -0.358 e. The van der Waals surface area contributed by atoms with Crippen molar-refractivity contribution in [3.8, 4) is 0 Å². The number of likely N-dealkylation sites (tertiary alicyclic amines) is 1. The van der Waals surface area contributed by atoms with E-state index in [2.05, 4.69) is 34.5 Å². The summed E-state index contributed by atoms with van der Waals surface area (Å²) >= 11 is 0. The van der Waals surface area contributed by atoms with E-state index in [0.29, 0.717) is 12.6 Å². The number of nitrogens with one attached hydrogen (secondary N) is 1. The van der Waals surface area contributed by atoms with Gasteiger partial charge in [-0.15, -0.1) is 0 Å². The van der Waals surface area contributed by atoms with Gasteiger partial charge in [-0.3, -0.25) is 9.69 Å². The number of carbonyl (C=O) groups excluding carboxylic acids is 1. The first-order valence-corrected chi connectivity index (χ1v) is 6.78. The Labute approximate surface area is 109 Å². The molecule has 1 aromatic rings. The Morgan fingerprint density at radius 3 is 2.83 bits per heavy atom. The van der Waals surface area contributed by atoms with Gasteiger partial charge < -0.3 is 5.32 Å². The van der Waals surface area contributed by atoms with Crippen molar-refractivity contribution in [3.05, 3.63) is 35.9 Å². The van der Waals surface area contributed by atoms with Crippen molar-refractivity contribution in [3.63, 3.8) is 0 Å². The van der Waals surface area contributed by atoms with E-state index in [1.54, 1.807) is 7.05 Å². The van der Waals surface area contributed by atoms with E-state index < -0.39 is 0 Å². The molecule has 0 aliphatic carbocycles. The lowest BCUT2D eigenvalue weighted by atomic mass is 9.95. The Bertz CT molecular complexity index is 377. The molecule has 1 fully saturated rings. The van der Waals surface area contributed by atoms with Gasteiger partial charge in [0.2, 0.25) is 5.91 Å². The second kappa shape index (κ2) is 6.55. The maximum absolute atomic E-state index is 11.5. The molecule has 1 N–H and O–H groups in total. The highest BCUT2D eigenvalue weighted by Crippen LogP contribution is 2.20. The van der Waals surface area contributed by atoms with E-state index in [9.17, 15) is 4.79 Å². The first kappa shape index (κ1) is 13.1. The lowest BCUT2D eigenvalue weighted by molar-refractivity contribution is -0.122. The highest BCUT2D eigenvalue weighted by Gasteiger charge is 2.23. The molecule has 0 spiro atoms. The van der Waals surface area contributed by atoms with Crippen molar-refractivity contribution in [1.82, 2.24) is 10.2 Å². The van der Waals surface area contributed by atoms with Crippen molar-refractivity contribution in [2.24, 2.45) is 0 Å². The van der Waals surface area contributed by atoms with Gasteiger partial charge in [0.15, 0.2) is 0 Å². The molecule has 18 heavy (non-hydrogen) atoms. The zero-order valence-electron chi connectivity index (χ0n) is 11.1. The van der Waals surface area contributed by atoms with Crippen LogP contribution >= 0.6 is 0 Å². The molecule has 0 radical (unpaired) electrons. The number of piperidine rings is 1. The molecule has 1 saturated heterocycles. The molecular weight excluding hydrogens is 224 g/mol. The lowest BCUT2D eigenvalue weighted by Gasteiger charge is -2.35. The predicted octanol–water partition coefficient (Wildman–Crippen LogP) is 1.83. The Hall–Kier alpha value is -1.35. The number of carbonyl (C=O) groups is 1. The summed E-state index contributed by atoms with van der Waals surface area (Å²) in [5.74, 6) is 0.120. The maximum Gasteiger partial charge on any atom is 0.233 e. The van der Waals surface area contributed by atoms with Crippen molar-refractivity contribution in [2.45, 2.75) is 31.7 Å². The molecule has 3 nitrogen and oxygen atoms in total. The summed E-state index contributed by atoms with van der Waals surface area (Å²) in [5, 5.41) is 2.72. The Balaban J connectivity index is 1.97. The molecule has 1 aliphatic rings. The van der Waals surface area contributed by atoms with Crippen LogP contribution in [0.3, 0.4) is 0 Å². The molecule has 1 amide bonds. The van der Waals surface area contributed by atoms with Crippen LogP contribution in [0.4, 0.5) is 0 Å². The SMILES string of the molecule is CNC(=O)CN1CCCCC1Cc1ccccc1. The molecule has 0 aromatic heterocycles. The first-order valence-electron chi connectivity index (χ1n) is 6.78. The normalized spacial score (nSPS) is 20.6. The van der Waals surface area contributed by atoms with Crippen molar-refractivity contribution >= 4 is 5.91 Å². The summed E-state index contributed by atoms with van der Waals surface area (Å²) in [6, 6.07) is 11.1. The van der Waals surface area contributed by atoms with Gasteiger partial charge >= 0.3 is 0 Å². The van der Waals surface area contributed by atoms with Crippen LogP contribution in [-0.4, -0.2) is 37.0 Å². The second-order valence-electron chi connectivity index (χ2n) is 4.98. The van der Waals surface area contributed by atoms with Gasteiger partial charge in [0.05, 0.1) is 6.54 Å². The average molecular weight is 246 g/mol. The fraction of sp³-hybridized carbons (Fsp3) is 0.533. The van der Waals surface area contributed by atoms with E-state index in [1.165, 1.54) is 24.8 Å². The molecule has 1 heterocycles. The number of likely N-dealkylation sites (N-methyl/N-ethyl adjacent to an activating group) is 1. The Morgan fingerprint density at radius 1 is 1.33 bits per heavy atom. The number of hydrogen-bond donors (Lipinski definition) is 1. The number of benzene rings is 1. The quantitative estimate of drug-likeness (QED) is 0.879. The molecule has 0 bridgehead atoms. The average Bonchev–Trinajstić information content (AvgIpc) is 2.42. The topological polar surface area (TPSA) is 32.3 Å². The fourth-order valence-electron chi connectivity index (χ4n) is 2.65. The Morgan fingerprint density at radius 2 is 2.11 bits per heavy atom. The molecule has 1 aromatic carbocycles. The number of hydrogen-bond acceptors (Lipinski definition) is 2. The standard InChI is InChI=1S/C15H22N2O/c1-16-15(18)12-17-10-6-5-9-14(17)11-13-7-3-2-4-8-13/h2-4,7-8,14H,5-6,9-12H2,1H3,(H,16,18). The predicted molar refractivity (Wildman–Crippen MR) is 73.4 cm³/mol. The van der Waals surface area contributed by atoms with Crippen LogP contribution in [-0.2, 0) is 11.2 Å². The summed E-state index contributed by atoms with van der Waals surface area (Å²) in [5.41, 5.74) is 1.37. The van der Waals surface area contributed by atoms with E-state index in [-0.39, 0.29) is 5.91 Å². The largest absolute Gasteiger partial charge is 0.358 e. The van der Waals surface area contributed by atoms with E-state index in [1.807, 2.05) is 6.07 Å². The van der Waals surface area contributed by atoms with Gasteiger partial charge in [-0.05, 0) is 31.4 Å². The third-order valence-corrected chi connectivity index (χ3v) is 3.69. The molecule has 1 atom stereocenters. The first-order chi connectivity index (χ1) is 8.79. The lowest BCUT2D eigenvalue weighted by Crippen LogP contribution is -2.45. The number of amides is 1. The highest BCUT2D eigenvalue weighted by atomic mass is 16.1. The van der Waals surface area contributed by atoms with E-state index in [0.717, 1.165) is 13.0 Å².